The summed E-state index contributed by atoms with van der Waals surface area (Å²) in [6, 6.07) is 6.54. The molecule has 0 radical (unpaired) electrons. The molecule has 0 spiro atoms. The summed E-state index contributed by atoms with van der Waals surface area (Å²) in [5, 5.41) is 3.52. The summed E-state index contributed by atoms with van der Waals surface area (Å²) >= 11 is 3.54. The van der Waals surface area contributed by atoms with E-state index >= 15 is 0 Å². The number of halogens is 1. The van der Waals surface area contributed by atoms with Crippen molar-refractivity contribution in [2.75, 3.05) is 33.8 Å². The molecule has 1 aromatic rings. The predicted molar refractivity (Wildman–Crippen MR) is 89.5 cm³/mol. The van der Waals surface area contributed by atoms with Crippen molar-refractivity contribution in [2.24, 2.45) is 0 Å². The first-order valence-corrected chi connectivity index (χ1v) is 8.14. The fraction of sp³-hybridized carbons (Fsp3) is 0.625. The SMILES string of the molecule is CCCNC(C)c1cc(Br)ccc1OCCCN(C)C. The van der Waals surface area contributed by atoms with Gasteiger partial charge in [-0.2, -0.15) is 0 Å². The fourth-order valence-corrected chi connectivity index (χ4v) is 2.40. The quantitative estimate of drug-likeness (QED) is 0.690. The highest BCUT2D eigenvalue weighted by molar-refractivity contribution is 9.10. The van der Waals surface area contributed by atoms with Crippen molar-refractivity contribution in [1.82, 2.24) is 10.2 Å². The maximum atomic E-state index is 5.96. The van der Waals surface area contributed by atoms with E-state index in [2.05, 4.69) is 66.2 Å². The molecule has 1 N–H and O–H groups in total. The van der Waals surface area contributed by atoms with Crippen molar-refractivity contribution < 1.29 is 4.74 Å². The zero-order valence-electron chi connectivity index (χ0n) is 13.1. The van der Waals surface area contributed by atoms with Crippen LogP contribution in [0.4, 0.5) is 0 Å². The minimum atomic E-state index is 0.302. The van der Waals surface area contributed by atoms with Gasteiger partial charge in [0.15, 0.2) is 0 Å². The average Bonchev–Trinajstić information content (AvgIpc) is 2.41. The van der Waals surface area contributed by atoms with Gasteiger partial charge < -0.3 is 15.0 Å². The van der Waals surface area contributed by atoms with Crippen molar-refractivity contribution >= 4 is 15.9 Å². The molecule has 20 heavy (non-hydrogen) atoms. The average molecular weight is 343 g/mol. The minimum Gasteiger partial charge on any atom is -0.493 e. The van der Waals surface area contributed by atoms with E-state index in [0.717, 1.165) is 42.8 Å². The van der Waals surface area contributed by atoms with Crippen LogP contribution < -0.4 is 10.1 Å². The van der Waals surface area contributed by atoms with E-state index in [0.29, 0.717) is 6.04 Å². The van der Waals surface area contributed by atoms with Crippen LogP contribution in [-0.2, 0) is 0 Å². The smallest absolute Gasteiger partial charge is 0.124 e. The van der Waals surface area contributed by atoms with Crippen molar-refractivity contribution in [2.45, 2.75) is 32.7 Å². The van der Waals surface area contributed by atoms with Crippen molar-refractivity contribution in [3.8, 4) is 5.75 Å². The van der Waals surface area contributed by atoms with Gasteiger partial charge in [-0.3, -0.25) is 0 Å². The summed E-state index contributed by atoms with van der Waals surface area (Å²) in [4.78, 5) is 2.18. The standard InChI is InChI=1S/C16H27BrN2O/c1-5-9-18-13(2)15-12-14(17)7-8-16(15)20-11-6-10-19(3)4/h7-8,12-13,18H,5-6,9-11H2,1-4H3. The maximum absolute atomic E-state index is 5.96. The number of nitrogens with one attached hydrogen (secondary N) is 1. The lowest BCUT2D eigenvalue weighted by Gasteiger charge is -2.19. The molecule has 0 aromatic heterocycles. The zero-order chi connectivity index (χ0) is 15.0. The lowest BCUT2D eigenvalue weighted by Crippen LogP contribution is -2.20. The number of nitrogens with zero attached hydrogens (tertiary/aromatic N) is 1. The third-order valence-corrected chi connectivity index (χ3v) is 3.64. The lowest BCUT2D eigenvalue weighted by molar-refractivity contribution is 0.277. The molecule has 0 aliphatic carbocycles. The van der Waals surface area contributed by atoms with Crippen LogP contribution in [0.15, 0.2) is 22.7 Å². The van der Waals surface area contributed by atoms with Gasteiger partial charge in [-0.1, -0.05) is 22.9 Å². The summed E-state index contributed by atoms with van der Waals surface area (Å²) in [7, 11) is 4.17. The van der Waals surface area contributed by atoms with E-state index in [4.69, 9.17) is 4.74 Å². The Kier molecular flexibility index (Phi) is 8.19. The molecule has 0 amide bonds. The number of hydrogen-bond donors (Lipinski definition) is 1. The van der Waals surface area contributed by atoms with Crippen LogP contribution in [0.5, 0.6) is 5.75 Å². The summed E-state index contributed by atoms with van der Waals surface area (Å²) in [5.74, 6) is 0.989. The second kappa shape index (κ2) is 9.37. The Labute approximate surface area is 131 Å². The van der Waals surface area contributed by atoms with E-state index in [1.807, 2.05) is 6.07 Å². The fourth-order valence-electron chi connectivity index (χ4n) is 2.02. The van der Waals surface area contributed by atoms with E-state index in [-0.39, 0.29) is 0 Å². The topological polar surface area (TPSA) is 24.5 Å². The number of hydrogen-bond acceptors (Lipinski definition) is 3. The van der Waals surface area contributed by atoms with Gasteiger partial charge in [-0.15, -0.1) is 0 Å². The highest BCUT2D eigenvalue weighted by Crippen LogP contribution is 2.28. The molecule has 0 aliphatic heterocycles. The molecule has 0 saturated heterocycles. The molecule has 4 heteroatoms. The predicted octanol–water partition coefficient (Wildman–Crippen LogP) is 3.84. The second-order valence-electron chi connectivity index (χ2n) is 5.36. The van der Waals surface area contributed by atoms with Crippen LogP contribution in [0.1, 0.15) is 38.3 Å². The van der Waals surface area contributed by atoms with Gasteiger partial charge in [0.05, 0.1) is 6.61 Å². The molecule has 114 valence electrons. The van der Waals surface area contributed by atoms with E-state index in [1.165, 1.54) is 5.56 Å². The monoisotopic (exact) mass is 342 g/mol. The first kappa shape index (κ1) is 17.5. The van der Waals surface area contributed by atoms with Gasteiger partial charge in [-0.05, 0) is 58.6 Å². The first-order valence-electron chi connectivity index (χ1n) is 7.35. The largest absolute Gasteiger partial charge is 0.493 e. The molecular formula is C16H27BrN2O. The molecular weight excluding hydrogens is 316 g/mol. The van der Waals surface area contributed by atoms with Crippen LogP contribution in [0.25, 0.3) is 0 Å². The minimum absolute atomic E-state index is 0.302. The van der Waals surface area contributed by atoms with Crippen LogP contribution in [0, 0.1) is 0 Å². The molecule has 0 bridgehead atoms. The molecule has 1 unspecified atom stereocenters. The van der Waals surface area contributed by atoms with E-state index in [1.54, 1.807) is 0 Å². The van der Waals surface area contributed by atoms with E-state index in [9.17, 15) is 0 Å². The Morgan fingerprint density at radius 1 is 1.35 bits per heavy atom. The molecule has 0 saturated carbocycles. The Balaban J connectivity index is 2.64. The van der Waals surface area contributed by atoms with Gasteiger partial charge in [-0.25, -0.2) is 0 Å². The Hall–Kier alpha value is -0.580. The number of rotatable bonds is 9. The van der Waals surface area contributed by atoms with Crippen molar-refractivity contribution in [1.29, 1.82) is 0 Å². The second-order valence-corrected chi connectivity index (χ2v) is 6.28. The Morgan fingerprint density at radius 3 is 2.75 bits per heavy atom. The van der Waals surface area contributed by atoms with Gasteiger partial charge in [0.2, 0.25) is 0 Å². The maximum Gasteiger partial charge on any atom is 0.124 e. The van der Waals surface area contributed by atoms with Gasteiger partial charge >= 0.3 is 0 Å². The van der Waals surface area contributed by atoms with Crippen LogP contribution in [-0.4, -0.2) is 38.7 Å². The van der Waals surface area contributed by atoms with Gasteiger partial charge in [0, 0.05) is 22.6 Å². The third-order valence-electron chi connectivity index (χ3n) is 3.15. The molecule has 3 nitrogen and oxygen atoms in total. The molecule has 0 heterocycles. The molecule has 1 atom stereocenters. The van der Waals surface area contributed by atoms with Crippen molar-refractivity contribution in [3.63, 3.8) is 0 Å². The van der Waals surface area contributed by atoms with Gasteiger partial charge in [0.25, 0.3) is 0 Å². The van der Waals surface area contributed by atoms with Gasteiger partial charge in [0.1, 0.15) is 5.75 Å². The summed E-state index contributed by atoms with van der Waals surface area (Å²) in [5.41, 5.74) is 1.22. The van der Waals surface area contributed by atoms with Crippen molar-refractivity contribution in [3.05, 3.63) is 28.2 Å². The highest BCUT2D eigenvalue weighted by atomic mass is 79.9. The number of benzene rings is 1. The number of ether oxygens (including phenoxy) is 1. The summed E-state index contributed by atoms with van der Waals surface area (Å²) in [6.45, 7) is 7.19. The third kappa shape index (κ3) is 6.25. The lowest BCUT2D eigenvalue weighted by atomic mass is 10.1. The normalized spacial score (nSPS) is 12.7. The molecule has 1 rings (SSSR count). The zero-order valence-corrected chi connectivity index (χ0v) is 14.7. The van der Waals surface area contributed by atoms with Crippen LogP contribution in [0.3, 0.4) is 0 Å². The highest BCUT2D eigenvalue weighted by Gasteiger charge is 2.11. The molecule has 0 fully saturated rings. The molecule has 1 aromatic carbocycles. The Bertz CT molecular complexity index is 396. The van der Waals surface area contributed by atoms with Crippen LogP contribution >= 0.6 is 15.9 Å². The first-order chi connectivity index (χ1) is 9.54. The molecule has 0 aliphatic rings. The van der Waals surface area contributed by atoms with Crippen LogP contribution in [0.2, 0.25) is 0 Å². The van der Waals surface area contributed by atoms with E-state index < -0.39 is 0 Å². The summed E-state index contributed by atoms with van der Waals surface area (Å²) < 4.78 is 7.05. The summed E-state index contributed by atoms with van der Waals surface area (Å²) in [6.07, 6.45) is 2.18. The Morgan fingerprint density at radius 2 is 2.10 bits per heavy atom.